The summed E-state index contributed by atoms with van der Waals surface area (Å²) >= 11 is 0. The molecule has 148 valence electrons. The Hall–Kier alpha value is -2.59. The maximum absolute atomic E-state index is 4.73. The molecule has 29 heavy (non-hydrogen) atoms. The van der Waals surface area contributed by atoms with Crippen LogP contribution >= 0.6 is 0 Å². The lowest BCUT2D eigenvalue weighted by molar-refractivity contribution is 0.231. The summed E-state index contributed by atoms with van der Waals surface area (Å²) in [6.45, 7) is 6.84. The molecular formula is C25H28N4. The topological polar surface area (TPSA) is 22.6 Å². The summed E-state index contributed by atoms with van der Waals surface area (Å²) in [4.78, 5) is 12.6. The van der Waals surface area contributed by atoms with Gasteiger partial charge in [-0.05, 0) is 55.1 Å². The Kier molecular flexibility index (Phi) is 4.19. The predicted molar refractivity (Wildman–Crippen MR) is 120 cm³/mol. The summed E-state index contributed by atoms with van der Waals surface area (Å²) in [5.41, 5.74) is 6.74. The van der Waals surface area contributed by atoms with Gasteiger partial charge in [0, 0.05) is 61.7 Å². The molecule has 6 rings (SSSR count). The van der Waals surface area contributed by atoms with Crippen LogP contribution < -0.4 is 9.80 Å². The van der Waals surface area contributed by atoms with Crippen molar-refractivity contribution in [1.29, 1.82) is 0 Å². The van der Waals surface area contributed by atoms with Crippen LogP contribution in [0.3, 0.4) is 0 Å². The van der Waals surface area contributed by atoms with Crippen LogP contribution in [-0.4, -0.2) is 48.6 Å². The third kappa shape index (κ3) is 3.06. The molecule has 2 aromatic carbocycles. The normalized spacial score (nSPS) is 21.6. The molecule has 3 aliphatic heterocycles. The second kappa shape index (κ2) is 7.03. The number of benzene rings is 2. The molecule has 1 unspecified atom stereocenters. The lowest BCUT2D eigenvalue weighted by Gasteiger charge is -2.39. The molecule has 0 saturated carbocycles. The number of pyridine rings is 1. The van der Waals surface area contributed by atoms with Crippen LogP contribution in [0.15, 0.2) is 54.7 Å². The molecule has 4 heteroatoms. The Morgan fingerprint density at radius 3 is 2.79 bits per heavy atom. The summed E-state index contributed by atoms with van der Waals surface area (Å²) in [6.07, 6.45) is 5.82. The molecule has 0 spiro atoms. The van der Waals surface area contributed by atoms with Crippen LogP contribution in [-0.2, 0) is 13.0 Å². The summed E-state index contributed by atoms with van der Waals surface area (Å²) in [6, 6.07) is 18.5. The number of piperazine rings is 1. The predicted octanol–water partition coefficient (Wildman–Crippen LogP) is 4.08. The minimum atomic E-state index is 0.732. The van der Waals surface area contributed by atoms with Crippen molar-refractivity contribution in [3.05, 3.63) is 65.9 Å². The van der Waals surface area contributed by atoms with Gasteiger partial charge in [-0.3, -0.25) is 9.88 Å². The van der Waals surface area contributed by atoms with E-state index < -0.39 is 0 Å². The van der Waals surface area contributed by atoms with Crippen LogP contribution in [0.4, 0.5) is 11.4 Å². The van der Waals surface area contributed by atoms with Crippen molar-refractivity contribution < 1.29 is 0 Å². The molecule has 0 N–H and O–H groups in total. The molecule has 1 aromatic heterocycles. The van der Waals surface area contributed by atoms with Gasteiger partial charge in [0.05, 0.1) is 5.52 Å². The van der Waals surface area contributed by atoms with Crippen molar-refractivity contribution in [3.8, 4) is 0 Å². The number of anilines is 2. The van der Waals surface area contributed by atoms with E-state index in [1.165, 1.54) is 53.8 Å². The molecule has 0 amide bonds. The fourth-order valence-electron chi connectivity index (χ4n) is 5.53. The third-order valence-corrected chi connectivity index (χ3v) is 7.05. The van der Waals surface area contributed by atoms with Crippen LogP contribution in [0.25, 0.3) is 10.9 Å². The van der Waals surface area contributed by atoms with Gasteiger partial charge in [0.1, 0.15) is 0 Å². The molecule has 0 bridgehead atoms. The Bertz CT molecular complexity index is 1030. The number of hydrogen-bond acceptors (Lipinski definition) is 4. The van der Waals surface area contributed by atoms with Gasteiger partial charge >= 0.3 is 0 Å². The first-order valence-electron chi connectivity index (χ1n) is 11.0. The van der Waals surface area contributed by atoms with Crippen LogP contribution in [0.2, 0.25) is 0 Å². The molecule has 3 aliphatic rings. The second-order valence-corrected chi connectivity index (χ2v) is 8.76. The summed E-state index contributed by atoms with van der Waals surface area (Å²) < 4.78 is 0. The minimum absolute atomic E-state index is 0.732. The first-order chi connectivity index (χ1) is 14.3. The average molecular weight is 385 g/mol. The lowest BCUT2D eigenvalue weighted by Crippen LogP contribution is -2.50. The highest BCUT2D eigenvalue weighted by molar-refractivity contribution is 5.95. The van der Waals surface area contributed by atoms with E-state index in [2.05, 4.69) is 63.2 Å². The zero-order chi connectivity index (χ0) is 19.2. The van der Waals surface area contributed by atoms with Gasteiger partial charge in [-0.1, -0.05) is 30.3 Å². The Morgan fingerprint density at radius 2 is 1.86 bits per heavy atom. The zero-order valence-electron chi connectivity index (χ0n) is 16.9. The summed E-state index contributed by atoms with van der Waals surface area (Å²) in [7, 11) is 0. The zero-order valence-corrected chi connectivity index (χ0v) is 16.9. The molecule has 1 atom stereocenters. The van der Waals surface area contributed by atoms with Crippen molar-refractivity contribution in [2.24, 2.45) is 0 Å². The van der Waals surface area contributed by atoms with Crippen LogP contribution in [0.5, 0.6) is 0 Å². The highest BCUT2D eigenvalue weighted by Gasteiger charge is 2.31. The van der Waals surface area contributed by atoms with E-state index in [1.54, 1.807) is 0 Å². The van der Waals surface area contributed by atoms with Crippen molar-refractivity contribution in [1.82, 2.24) is 9.88 Å². The summed E-state index contributed by atoms with van der Waals surface area (Å²) in [5.74, 6) is 0. The first-order valence-corrected chi connectivity index (χ1v) is 11.0. The minimum Gasteiger partial charge on any atom is -0.368 e. The fraction of sp³-hybridized carbons (Fsp3) is 0.400. The Balaban J connectivity index is 1.36. The first kappa shape index (κ1) is 17.3. The van der Waals surface area contributed by atoms with Gasteiger partial charge in [-0.15, -0.1) is 0 Å². The van der Waals surface area contributed by atoms with E-state index in [-0.39, 0.29) is 0 Å². The number of rotatable bonds is 3. The van der Waals surface area contributed by atoms with E-state index in [0.29, 0.717) is 0 Å². The quantitative estimate of drug-likeness (QED) is 0.679. The van der Waals surface area contributed by atoms with E-state index in [4.69, 9.17) is 4.98 Å². The fourth-order valence-corrected chi connectivity index (χ4v) is 5.53. The van der Waals surface area contributed by atoms with Crippen molar-refractivity contribution >= 4 is 22.3 Å². The highest BCUT2D eigenvalue weighted by atomic mass is 15.3. The molecule has 2 saturated heterocycles. The Morgan fingerprint density at radius 1 is 0.931 bits per heavy atom. The third-order valence-electron chi connectivity index (χ3n) is 7.05. The van der Waals surface area contributed by atoms with Gasteiger partial charge in [0.2, 0.25) is 0 Å². The number of fused-ring (bicyclic) bond motifs is 3. The molecule has 0 aliphatic carbocycles. The lowest BCUT2D eigenvalue weighted by atomic mass is 10.1. The van der Waals surface area contributed by atoms with Gasteiger partial charge in [0.15, 0.2) is 0 Å². The maximum atomic E-state index is 4.73. The number of nitrogens with zero attached hydrogens (tertiary/aromatic N) is 4. The maximum Gasteiger partial charge on any atom is 0.0727 e. The molecule has 0 radical (unpaired) electrons. The average Bonchev–Trinajstić information content (AvgIpc) is 3.39. The van der Waals surface area contributed by atoms with E-state index in [0.717, 1.165) is 44.2 Å². The van der Waals surface area contributed by atoms with Crippen molar-refractivity contribution in [2.75, 3.05) is 42.5 Å². The molecule has 2 fully saturated rings. The number of hydrogen-bond donors (Lipinski definition) is 0. The largest absolute Gasteiger partial charge is 0.368 e. The Labute approximate surface area is 172 Å². The van der Waals surface area contributed by atoms with E-state index in [1.807, 2.05) is 6.20 Å². The molecule has 4 nitrogen and oxygen atoms in total. The van der Waals surface area contributed by atoms with Gasteiger partial charge in [-0.2, -0.15) is 0 Å². The molecular weight excluding hydrogens is 356 g/mol. The van der Waals surface area contributed by atoms with Crippen molar-refractivity contribution in [2.45, 2.75) is 31.8 Å². The van der Waals surface area contributed by atoms with Gasteiger partial charge in [-0.25, -0.2) is 0 Å². The van der Waals surface area contributed by atoms with Crippen LogP contribution in [0, 0.1) is 0 Å². The SMILES string of the molecule is c1ccc(CN2CCc3cc4nccc(N5CCN6CCCC6C5)c4cc32)cc1. The van der Waals surface area contributed by atoms with Gasteiger partial charge in [0.25, 0.3) is 0 Å². The van der Waals surface area contributed by atoms with E-state index in [9.17, 15) is 0 Å². The standard InChI is InChI=1S/C25H28N4/c1-2-5-19(6-3-1)17-28-12-9-20-15-23-22(16-25(20)28)24(8-10-26-23)29-14-13-27-11-4-7-21(27)18-29/h1-3,5-6,8,10,15-16,21H,4,7,9,11-14,17-18H2. The summed E-state index contributed by atoms with van der Waals surface area (Å²) in [5, 5.41) is 1.32. The molecule has 3 aromatic rings. The second-order valence-electron chi connectivity index (χ2n) is 8.76. The van der Waals surface area contributed by atoms with Crippen LogP contribution in [0.1, 0.15) is 24.0 Å². The van der Waals surface area contributed by atoms with E-state index >= 15 is 0 Å². The highest BCUT2D eigenvalue weighted by Crippen LogP contribution is 2.37. The van der Waals surface area contributed by atoms with Crippen molar-refractivity contribution in [3.63, 3.8) is 0 Å². The number of aromatic nitrogens is 1. The molecule has 4 heterocycles. The monoisotopic (exact) mass is 384 g/mol. The smallest absolute Gasteiger partial charge is 0.0727 e. The van der Waals surface area contributed by atoms with Gasteiger partial charge < -0.3 is 9.80 Å².